The zero-order valence-electron chi connectivity index (χ0n) is 16.0. The minimum absolute atomic E-state index is 0.231. The second-order valence-electron chi connectivity index (χ2n) is 7.95. The van der Waals surface area contributed by atoms with Gasteiger partial charge in [0.2, 0.25) is 6.04 Å². The van der Waals surface area contributed by atoms with Crippen LogP contribution in [-0.4, -0.2) is 51.4 Å². The SMILES string of the molecule is CCC[N+]1(C(=O)C(=O)C2CCCCC2)CCC(c2cccnc2)[C@H]1C(=O)O. The fourth-order valence-electron chi connectivity index (χ4n) is 5.08. The van der Waals surface area contributed by atoms with Crippen molar-refractivity contribution in [1.82, 2.24) is 4.98 Å². The van der Waals surface area contributed by atoms with Crippen LogP contribution in [0, 0.1) is 5.92 Å². The number of nitrogens with zero attached hydrogens (tertiary/aromatic N) is 2. The molecule has 146 valence electrons. The van der Waals surface area contributed by atoms with Crippen LogP contribution >= 0.6 is 0 Å². The number of aliphatic carboxylic acids is 1. The first-order chi connectivity index (χ1) is 13.0. The van der Waals surface area contributed by atoms with Crippen LogP contribution in [0.1, 0.15) is 63.4 Å². The Hall–Kier alpha value is -2.08. The Kier molecular flexibility index (Phi) is 6.05. The average molecular weight is 373 g/mol. The molecule has 2 heterocycles. The number of quaternary nitrogens is 1. The van der Waals surface area contributed by atoms with Crippen molar-refractivity contribution in [2.75, 3.05) is 13.1 Å². The van der Waals surface area contributed by atoms with E-state index in [2.05, 4.69) is 4.98 Å². The number of ketones is 1. The van der Waals surface area contributed by atoms with Crippen molar-refractivity contribution in [3.8, 4) is 0 Å². The van der Waals surface area contributed by atoms with E-state index < -0.39 is 17.9 Å². The van der Waals surface area contributed by atoms with Crippen molar-refractivity contribution in [3.63, 3.8) is 0 Å². The van der Waals surface area contributed by atoms with Gasteiger partial charge < -0.3 is 5.11 Å². The van der Waals surface area contributed by atoms with Gasteiger partial charge in [0.25, 0.3) is 5.78 Å². The van der Waals surface area contributed by atoms with E-state index in [-0.39, 0.29) is 22.1 Å². The lowest BCUT2D eigenvalue weighted by Crippen LogP contribution is -2.63. The van der Waals surface area contributed by atoms with Crippen LogP contribution in [0.25, 0.3) is 0 Å². The summed E-state index contributed by atoms with van der Waals surface area (Å²) >= 11 is 0. The number of Topliss-reactive ketones (excluding diaryl/α,β-unsaturated/α-hetero) is 1. The third kappa shape index (κ3) is 3.68. The van der Waals surface area contributed by atoms with E-state index in [0.717, 1.165) is 37.7 Å². The summed E-state index contributed by atoms with van der Waals surface area (Å²) in [6, 6.07) is 2.73. The highest BCUT2D eigenvalue weighted by atomic mass is 16.4. The van der Waals surface area contributed by atoms with E-state index in [1.807, 2.05) is 13.0 Å². The highest BCUT2D eigenvalue weighted by Gasteiger charge is 2.59. The van der Waals surface area contributed by atoms with Crippen molar-refractivity contribution in [2.45, 2.75) is 63.8 Å². The number of aromatic nitrogens is 1. The van der Waals surface area contributed by atoms with Crippen molar-refractivity contribution >= 4 is 17.7 Å². The lowest BCUT2D eigenvalue weighted by molar-refractivity contribution is -0.855. The standard InChI is InChI=1S/C21H28N2O4/c1-2-12-23(20(25)19(24)15-7-4-3-5-8-15)13-10-17(18(23)21(26)27)16-9-6-11-22-14-16/h6,9,11,14-15,17-18H,2-5,7-8,10,12-13H2,1H3/p+1/t17?,18-,23?/m0/s1. The molecule has 1 saturated carbocycles. The lowest BCUT2D eigenvalue weighted by Gasteiger charge is -2.36. The maximum Gasteiger partial charge on any atom is 0.382 e. The zero-order valence-corrected chi connectivity index (χ0v) is 16.0. The van der Waals surface area contributed by atoms with Crippen molar-refractivity contribution in [1.29, 1.82) is 0 Å². The number of pyridine rings is 1. The molecule has 1 aliphatic heterocycles. The molecule has 1 N–H and O–H groups in total. The Morgan fingerprint density at radius 3 is 2.52 bits per heavy atom. The number of rotatable bonds is 6. The maximum atomic E-state index is 13.4. The Morgan fingerprint density at radius 1 is 1.19 bits per heavy atom. The van der Waals surface area contributed by atoms with Gasteiger partial charge >= 0.3 is 11.9 Å². The molecule has 27 heavy (non-hydrogen) atoms. The molecule has 3 atom stereocenters. The van der Waals surface area contributed by atoms with Crippen LogP contribution in [0.5, 0.6) is 0 Å². The molecule has 1 amide bonds. The summed E-state index contributed by atoms with van der Waals surface area (Å²) in [5.74, 6) is -2.36. The second-order valence-corrected chi connectivity index (χ2v) is 7.95. The number of carbonyl (C=O) groups is 3. The smallest absolute Gasteiger partial charge is 0.382 e. The molecule has 0 radical (unpaired) electrons. The summed E-state index contributed by atoms with van der Waals surface area (Å²) in [6.07, 6.45) is 9.12. The van der Waals surface area contributed by atoms with Crippen molar-refractivity contribution in [3.05, 3.63) is 30.1 Å². The Labute approximate surface area is 160 Å². The van der Waals surface area contributed by atoms with Crippen LogP contribution in [0.2, 0.25) is 0 Å². The first-order valence-corrected chi connectivity index (χ1v) is 10.1. The molecule has 1 aromatic heterocycles. The summed E-state index contributed by atoms with van der Waals surface area (Å²) in [6.45, 7) is 2.74. The molecule has 1 aromatic rings. The minimum Gasteiger partial charge on any atom is -0.477 e. The Bertz CT molecular complexity index is 699. The third-order valence-electron chi connectivity index (χ3n) is 6.33. The Morgan fingerprint density at radius 2 is 1.93 bits per heavy atom. The predicted molar refractivity (Wildman–Crippen MR) is 99.9 cm³/mol. The largest absolute Gasteiger partial charge is 0.477 e. The first-order valence-electron chi connectivity index (χ1n) is 10.1. The summed E-state index contributed by atoms with van der Waals surface area (Å²) in [5.41, 5.74) is 0.832. The number of carboxylic acid groups (broad SMARTS) is 1. The van der Waals surface area contributed by atoms with Crippen molar-refractivity contribution in [2.24, 2.45) is 5.92 Å². The summed E-state index contributed by atoms with van der Waals surface area (Å²) in [7, 11) is 0. The molecule has 6 heteroatoms. The van der Waals surface area contributed by atoms with Gasteiger partial charge in [0.15, 0.2) is 0 Å². The van der Waals surface area contributed by atoms with E-state index in [1.54, 1.807) is 18.5 Å². The van der Waals surface area contributed by atoms with Gasteiger partial charge in [-0.25, -0.2) is 14.1 Å². The molecule has 0 aromatic carbocycles. The number of hydrogen-bond acceptors (Lipinski definition) is 4. The number of amides is 1. The molecule has 2 aliphatic rings. The number of carbonyl (C=O) groups excluding carboxylic acids is 2. The molecule has 0 spiro atoms. The molecule has 2 fully saturated rings. The topological polar surface area (TPSA) is 84.3 Å². The van der Waals surface area contributed by atoms with Gasteiger partial charge in [0.1, 0.15) is 0 Å². The first kappa shape index (κ1) is 19.7. The van der Waals surface area contributed by atoms with Crippen LogP contribution in [0.3, 0.4) is 0 Å². The summed E-state index contributed by atoms with van der Waals surface area (Å²) in [4.78, 5) is 42.8. The molecule has 0 bridgehead atoms. The number of hydrogen-bond donors (Lipinski definition) is 1. The highest BCUT2D eigenvalue weighted by Crippen LogP contribution is 2.40. The van der Waals surface area contributed by atoms with Gasteiger partial charge in [-0.2, -0.15) is 0 Å². The monoisotopic (exact) mass is 373 g/mol. The molecule has 1 aliphatic carbocycles. The zero-order chi connectivity index (χ0) is 19.4. The highest BCUT2D eigenvalue weighted by molar-refractivity contribution is 6.34. The third-order valence-corrected chi connectivity index (χ3v) is 6.33. The fourth-order valence-corrected chi connectivity index (χ4v) is 5.08. The predicted octanol–water partition coefficient (Wildman–Crippen LogP) is 2.92. The fraction of sp³-hybridized carbons (Fsp3) is 0.619. The molecule has 6 nitrogen and oxygen atoms in total. The van der Waals surface area contributed by atoms with E-state index in [1.165, 1.54) is 0 Å². The molecular weight excluding hydrogens is 344 g/mol. The van der Waals surface area contributed by atoms with E-state index in [4.69, 9.17) is 0 Å². The van der Waals surface area contributed by atoms with Gasteiger partial charge in [-0.1, -0.05) is 32.3 Å². The normalized spacial score (nSPS) is 28.8. The molecule has 1 saturated heterocycles. The van der Waals surface area contributed by atoms with Crippen LogP contribution in [-0.2, 0) is 14.4 Å². The number of carboxylic acids is 1. The van der Waals surface area contributed by atoms with Gasteiger partial charge in [-0.05, 0) is 30.9 Å². The average Bonchev–Trinajstić information content (AvgIpc) is 3.09. The van der Waals surface area contributed by atoms with Crippen LogP contribution < -0.4 is 0 Å². The molecular formula is C21H29N2O4+. The Balaban J connectivity index is 1.95. The maximum absolute atomic E-state index is 13.4. The van der Waals surface area contributed by atoms with Crippen LogP contribution in [0.15, 0.2) is 24.5 Å². The summed E-state index contributed by atoms with van der Waals surface area (Å²) in [5, 5.41) is 10.0. The van der Waals surface area contributed by atoms with E-state index in [0.29, 0.717) is 25.9 Å². The quantitative estimate of drug-likeness (QED) is 0.612. The minimum atomic E-state index is -1.00. The molecule has 2 unspecified atom stereocenters. The van der Waals surface area contributed by atoms with E-state index >= 15 is 0 Å². The molecule has 3 rings (SSSR count). The second kappa shape index (κ2) is 8.30. The van der Waals surface area contributed by atoms with Gasteiger partial charge in [-0.3, -0.25) is 9.78 Å². The lowest BCUT2D eigenvalue weighted by atomic mass is 9.85. The van der Waals surface area contributed by atoms with Gasteiger partial charge in [0.05, 0.1) is 19.0 Å². The number of likely N-dealkylation sites (tertiary alicyclic amines) is 1. The van der Waals surface area contributed by atoms with Gasteiger partial charge in [0, 0.05) is 24.7 Å². The van der Waals surface area contributed by atoms with Crippen molar-refractivity contribution < 1.29 is 24.0 Å². The summed E-state index contributed by atoms with van der Waals surface area (Å²) < 4.78 is -0.235. The van der Waals surface area contributed by atoms with Crippen LogP contribution in [0.4, 0.5) is 0 Å². The van der Waals surface area contributed by atoms with E-state index in [9.17, 15) is 19.5 Å². The van der Waals surface area contributed by atoms with Gasteiger partial charge in [-0.15, -0.1) is 0 Å².